The third-order valence-corrected chi connectivity index (χ3v) is 8.77. The number of likely N-dealkylation sites (tertiary alicyclic amines) is 1. The molecule has 3 aromatic carbocycles. The Morgan fingerprint density at radius 1 is 0.978 bits per heavy atom. The summed E-state index contributed by atoms with van der Waals surface area (Å²) in [4.78, 5) is 47.3. The van der Waals surface area contributed by atoms with Gasteiger partial charge in [-0.15, -0.1) is 0 Å². The number of hydrogen-bond donors (Lipinski definition) is 1. The highest BCUT2D eigenvalue weighted by molar-refractivity contribution is 7.07. The van der Waals surface area contributed by atoms with Crippen LogP contribution in [0.4, 0.5) is 5.69 Å². The van der Waals surface area contributed by atoms with Crippen molar-refractivity contribution in [2.75, 3.05) is 31.6 Å². The lowest BCUT2D eigenvalue weighted by Gasteiger charge is -2.25. The molecule has 0 saturated carbocycles. The van der Waals surface area contributed by atoms with Crippen LogP contribution in [-0.2, 0) is 9.59 Å². The first-order valence-corrected chi connectivity index (χ1v) is 15.9. The molecule has 1 atom stereocenters. The number of nitrogens with one attached hydrogen (secondary N) is 1. The van der Waals surface area contributed by atoms with E-state index in [-0.39, 0.29) is 24.0 Å². The number of ether oxygens (including phenoxy) is 2. The van der Waals surface area contributed by atoms with Gasteiger partial charge in [0.1, 0.15) is 0 Å². The van der Waals surface area contributed by atoms with E-state index in [1.807, 2.05) is 78.6 Å². The van der Waals surface area contributed by atoms with E-state index < -0.39 is 6.04 Å². The van der Waals surface area contributed by atoms with Crippen molar-refractivity contribution in [2.24, 2.45) is 4.99 Å². The minimum Gasteiger partial charge on any atom is -0.490 e. The molecule has 0 radical (unpaired) electrons. The molecule has 45 heavy (non-hydrogen) atoms. The number of benzene rings is 3. The second kappa shape index (κ2) is 13.4. The van der Waals surface area contributed by atoms with Gasteiger partial charge in [-0.3, -0.25) is 19.0 Å². The zero-order valence-corrected chi connectivity index (χ0v) is 26.0. The SMILES string of the molecule is CCOc1cc(/C=c2/sc3n(c2=O)[C@@H](c2ccccc2)C(C(=O)Nc2ccccc2)=C(C)N=3)ccc1OCC(=O)N1CCCC1. The molecule has 1 aromatic heterocycles. The molecule has 2 aliphatic rings. The number of nitrogens with zero attached hydrogens (tertiary/aromatic N) is 3. The number of anilines is 1. The fraction of sp³-hybridized carbons (Fsp3) is 0.257. The normalized spacial score (nSPS) is 16.3. The highest BCUT2D eigenvalue weighted by Gasteiger charge is 2.32. The number of carbonyl (C=O) groups is 2. The van der Waals surface area contributed by atoms with Gasteiger partial charge in [-0.05, 0) is 68.2 Å². The van der Waals surface area contributed by atoms with Gasteiger partial charge in [-0.25, -0.2) is 4.99 Å². The van der Waals surface area contributed by atoms with Gasteiger partial charge in [0.15, 0.2) is 22.9 Å². The molecule has 6 rings (SSSR count). The van der Waals surface area contributed by atoms with Crippen molar-refractivity contribution in [2.45, 2.75) is 32.7 Å². The summed E-state index contributed by atoms with van der Waals surface area (Å²) >= 11 is 1.27. The summed E-state index contributed by atoms with van der Waals surface area (Å²) in [5, 5.41) is 2.97. The number of thiazole rings is 1. The van der Waals surface area contributed by atoms with Crippen molar-refractivity contribution in [3.05, 3.63) is 121 Å². The zero-order valence-electron chi connectivity index (χ0n) is 25.2. The van der Waals surface area contributed by atoms with E-state index in [2.05, 4.69) is 5.32 Å². The van der Waals surface area contributed by atoms with Gasteiger partial charge in [-0.1, -0.05) is 65.9 Å². The standard InChI is InChI=1S/C35H34N4O5S/c1-3-43-28-20-24(16-17-27(28)44-22-30(40)38-18-10-11-19-38)21-29-34(42)39-32(25-12-6-4-7-13-25)31(23(2)36-35(39)45-29)33(41)37-26-14-8-5-9-15-26/h4-9,12-17,20-21,32H,3,10-11,18-19,22H2,1-2H3,(H,37,41)/b29-21+/t32-/m0/s1. The molecule has 4 aromatic rings. The molecule has 1 fully saturated rings. The van der Waals surface area contributed by atoms with Gasteiger partial charge < -0.3 is 19.7 Å². The number of fused-ring (bicyclic) bond motifs is 1. The van der Waals surface area contributed by atoms with Crippen molar-refractivity contribution in [3.63, 3.8) is 0 Å². The van der Waals surface area contributed by atoms with Crippen molar-refractivity contribution in [1.82, 2.24) is 9.47 Å². The molecule has 0 bridgehead atoms. The van der Waals surface area contributed by atoms with Crippen LogP contribution in [0.3, 0.4) is 0 Å². The van der Waals surface area contributed by atoms with E-state index in [0.717, 1.165) is 37.1 Å². The quantitative estimate of drug-likeness (QED) is 0.301. The molecule has 9 nitrogen and oxygen atoms in total. The van der Waals surface area contributed by atoms with Crippen LogP contribution in [0.5, 0.6) is 11.5 Å². The Morgan fingerprint density at radius 2 is 1.69 bits per heavy atom. The van der Waals surface area contributed by atoms with Gasteiger partial charge >= 0.3 is 0 Å². The minimum absolute atomic E-state index is 0.0415. The summed E-state index contributed by atoms with van der Waals surface area (Å²) in [6, 6.07) is 23.5. The van der Waals surface area contributed by atoms with Crippen LogP contribution >= 0.6 is 11.3 Å². The summed E-state index contributed by atoms with van der Waals surface area (Å²) < 4.78 is 13.8. The van der Waals surface area contributed by atoms with Crippen LogP contribution in [0.1, 0.15) is 43.9 Å². The molecule has 0 unspecified atom stereocenters. The summed E-state index contributed by atoms with van der Waals surface area (Å²) in [5.41, 5.74) is 2.91. The van der Waals surface area contributed by atoms with E-state index >= 15 is 0 Å². The average molecular weight is 623 g/mol. The van der Waals surface area contributed by atoms with Crippen molar-refractivity contribution >= 4 is 34.9 Å². The first kappa shape index (κ1) is 30.1. The minimum atomic E-state index is -0.656. The Hall–Kier alpha value is -4.96. The fourth-order valence-electron chi connectivity index (χ4n) is 5.63. The third-order valence-electron chi connectivity index (χ3n) is 7.79. The maximum atomic E-state index is 14.0. The number of carbonyl (C=O) groups excluding carboxylic acids is 2. The summed E-state index contributed by atoms with van der Waals surface area (Å²) in [7, 11) is 0. The number of aromatic nitrogens is 1. The van der Waals surface area contributed by atoms with E-state index in [0.29, 0.717) is 44.4 Å². The Labute approximate surface area is 264 Å². The average Bonchev–Trinajstić information content (AvgIpc) is 3.69. The smallest absolute Gasteiger partial charge is 0.271 e. The highest BCUT2D eigenvalue weighted by atomic mass is 32.1. The van der Waals surface area contributed by atoms with Crippen LogP contribution in [-0.4, -0.2) is 47.6 Å². The molecule has 0 spiro atoms. The Kier molecular flexibility index (Phi) is 8.93. The van der Waals surface area contributed by atoms with Crippen LogP contribution in [0, 0.1) is 0 Å². The van der Waals surface area contributed by atoms with Gasteiger partial charge in [0.2, 0.25) is 0 Å². The molecule has 1 N–H and O–H groups in total. The van der Waals surface area contributed by atoms with Crippen molar-refractivity contribution in [1.29, 1.82) is 0 Å². The topological polar surface area (TPSA) is 102 Å². The first-order chi connectivity index (χ1) is 21.9. The van der Waals surface area contributed by atoms with E-state index in [9.17, 15) is 14.4 Å². The number of para-hydroxylation sites is 1. The molecule has 2 aliphatic heterocycles. The predicted octanol–water partition coefficient (Wildman–Crippen LogP) is 4.27. The largest absolute Gasteiger partial charge is 0.490 e. The Morgan fingerprint density at radius 3 is 2.40 bits per heavy atom. The molecule has 10 heteroatoms. The molecular formula is C35H34N4O5S. The second-order valence-corrected chi connectivity index (χ2v) is 11.8. The van der Waals surface area contributed by atoms with Crippen LogP contribution < -0.4 is 29.7 Å². The van der Waals surface area contributed by atoms with Gasteiger partial charge in [0.25, 0.3) is 17.4 Å². The molecule has 3 heterocycles. The van der Waals surface area contributed by atoms with Crippen LogP contribution in [0.2, 0.25) is 0 Å². The number of hydrogen-bond acceptors (Lipinski definition) is 7. The first-order valence-electron chi connectivity index (χ1n) is 15.0. The zero-order chi connectivity index (χ0) is 31.3. The predicted molar refractivity (Wildman–Crippen MR) is 174 cm³/mol. The molecule has 0 aliphatic carbocycles. The van der Waals surface area contributed by atoms with E-state index in [1.54, 1.807) is 29.7 Å². The van der Waals surface area contributed by atoms with Crippen molar-refractivity contribution in [3.8, 4) is 11.5 Å². The molecular weight excluding hydrogens is 588 g/mol. The molecule has 1 saturated heterocycles. The Balaban J connectivity index is 1.35. The monoisotopic (exact) mass is 622 g/mol. The van der Waals surface area contributed by atoms with Crippen molar-refractivity contribution < 1.29 is 19.1 Å². The third kappa shape index (κ3) is 6.46. The Bertz CT molecular complexity index is 1930. The lowest BCUT2D eigenvalue weighted by molar-refractivity contribution is -0.132. The van der Waals surface area contributed by atoms with Gasteiger partial charge in [-0.2, -0.15) is 0 Å². The lowest BCUT2D eigenvalue weighted by Crippen LogP contribution is -2.40. The van der Waals surface area contributed by atoms with Gasteiger partial charge in [0.05, 0.1) is 28.5 Å². The summed E-state index contributed by atoms with van der Waals surface area (Å²) in [6.45, 7) is 5.56. The maximum Gasteiger partial charge on any atom is 0.271 e. The van der Waals surface area contributed by atoms with Crippen LogP contribution in [0.15, 0.2) is 99.9 Å². The number of amides is 2. The van der Waals surface area contributed by atoms with Crippen LogP contribution in [0.25, 0.3) is 6.08 Å². The molecule has 2 amide bonds. The summed E-state index contributed by atoms with van der Waals surface area (Å²) in [5.74, 6) is 0.605. The van der Waals surface area contributed by atoms with E-state index in [1.165, 1.54) is 11.3 Å². The fourth-order valence-corrected chi connectivity index (χ4v) is 6.68. The molecule has 230 valence electrons. The lowest BCUT2D eigenvalue weighted by atomic mass is 9.95. The van der Waals surface area contributed by atoms with Gasteiger partial charge in [0, 0.05) is 18.8 Å². The number of rotatable bonds is 9. The number of allylic oxidation sites excluding steroid dienone is 1. The van der Waals surface area contributed by atoms with E-state index in [4.69, 9.17) is 14.5 Å². The second-order valence-electron chi connectivity index (χ2n) is 10.8. The highest BCUT2D eigenvalue weighted by Crippen LogP contribution is 2.31. The maximum absolute atomic E-state index is 14.0. The summed E-state index contributed by atoms with van der Waals surface area (Å²) in [6.07, 6.45) is 3.82.